The normalized spacial score (nSPS) is 10.3. The zero-order chi connectivity index (χ0) is 14.3. The van der Waals surface area contributed by atoms with Crippen LogP contribution in [0.2, 0.25) is 0 Å². The number of amides is 1. The van der Waals surface area contributed by atoms with Crippen molar-refractivity contribution in [2.45, 2.75) is 33.6 Å². The monoisotopic (exact) mass is 264 g/mol. The Hall–Kier alpha value is -1.65. The van der Waals surface area contributed by atoms with Crippen LogP contribution in [-0.4, -0.2) is 47.7 Å². The van der Waals surface area contributed by atoms with E-state index in [0.29, 0.717) is 5.69 Å². The predicted octanol–water partition coefficient (Wildman–Crippen LogP) is 2.19. The zero-order valence-corrected chi connectivity index (χ0v) is 12.4. The van der Waals surface area contributed by atoms with E-state index in [1.807, 2.05) is 6.07 Å². The highest BCUT2D eigenvalue weighted by Crippen LogP contribution is 2.10. The smallest absolute Gasteiger partial charge is 0.274 e. The summed E-state index contributed by atoms with van der Waals surface area (Å²) in [7, 11) is 1.80. The van der Waals surface area contributed by atoms with Crippen LogP contribution in [0, 0.1) is 0 Å². The van der Waals surface area contributed by atoms with Crippen LogP contribution >= 0.6 is 0 Å². The van der Waals surface area contributed by atoms with Crippen molar-refractivity contribution >= 4 is 11.7 Å². The number of carbonyl (C=O) groups excluding carboxylic acids is 1. The first-order chi connectivity index (χ1) is 9.13. The van der Waals surface area contributed by atoms with Gasteiger partial charge >= 0.3 is 0 Å². The highest BCUT2D eigenvalue weighted by molar-refractivity contribution is 5.92. The van der Waals surface area contributed by atoms with Crippen molar-refractivity contribution in [2.24, 2.45) is 0 Å². The molecular formula is C14H24N4O. The Balaban J connectivity index is 2.72. The lowest BCUT2D eigenvalue weighted by Gasteiger charge is -2.19. The molecule has 5 nitrogen and oxygen atoms in total. The fraction of sp³-hybridized carbons (Fsp3) is 0.643. The number of nitrogens with zero attached hydrogens (tertiary/aromatic N) is 4. The molecule has 1 heterocycles. The van der Waals surface area contributed by atoms with E-state index in [-0.39, 0.29) is 5.91 Å². The van der Waals surface area contributed by atoms with Gasteiger partial charge in [-0.1, -0.05) is 13.3 Å². The van der Waals surface area contributed by atoms with Gasteiger partial charge in [0.25, 0.3) is 5.91 Å². The average molecular weight is 264 g/mol. The van der Waals surface area contributed by atoms with E-state index in [1.54, 1.807) is 18.0 Å². The van der Waals surface area contributed by atoms with E-state index in [2.05, 4.69) is 35.9 Å². The molecule has 0 bridgehead atoms. The maximum atomic E-state index is 12.1. The molecule has 0 fully saturated rings. The third kappa shape index (κ3) is 4.19. The molecule has 0 aromatic carbocycles. The third-order valence-electron chi connectivity index (χ3n) is 3.15. The molecule has 0 atom stereocenters. The third-order valence-corrected chi connectivity index (χ3v) is 3.15. The Morgan fingerprint density at radius 3 is 2.32 bits per heavy atom. The van der Waals surface area contributed by atoms with Crippen LogP contribution in [0.15, 0.2) is 12.1 Å². The van der Waals surface area contributed by atoms with Gasteiger partial charge in [0.2, 0.25) is 0 Å². The molecule has 0 saturated heterocycles. The molecule has 1 aromatic rings. The van der Waals surface area contributed by atoms with Gasteiger partial charge in [-0.15, -0.1) is 10.2 Å². The summed E-state index contributed by atoms with van der Waals surface area (Å²) < 4.78 is 0. The minimum Gasteiger partial charge on any atom is -0.356 e. The van der Waals surface area contributed by atoms with Crippen LogP contribution in [0.25, 0.3) is 0 Å². The quantitative estimate of drug-likeness (QED) is 0.757. The van der Waals surface area contributed by atoms with Gasteiger partial charge in [-0.3, -0.25) is 4.79 Å². The number of unbranched alkanes of at least 4 members (excludes halogenated alkanes) is 1. The molecule has 0 aliphatic heterocycles. The van der Waals surface area contributed by atoms with Crippen molar-refractivity contribution in [3.63, 3.8) is 0 Å². The molecule has 0 radical (unpaired) electrons. The fourth-order valence-electron chi connectivity index (χ4n) is 1.85. The predicted molar refractivity (Wildman–Crippen MR) is 77.5 cm³/mol. The molecule has 1 amide bonds. The summed E-state index contributed by atoms with van der Waals surface area (Å²) >= 11 is 0. The summed E-state index contributed by atoms with van der Waals surface area (Å²) in [4.78, 5) is 15.9. The first-order valence-corrected chi connectivity index (χ1v) is 6.98. The van der Waals surface area contributed by atoms with Gasteiger partial charge in [0, 0.05) is 26.7 Å². The van der Waals surface area contributed by atoms with E-state index in [9.17, 15) is 4.79 Å². The summed E-state index contributed by atoms with van der Waals surface area (Å²) in [5.41, 5.74) is 0.412. The largest absolute Gasteiger partial charge is 0.356 e. The standard InChI is InChI=1S/C14H24N4O/c1-5-8-11-17(4)14(19)12-9-10-13(16-15-12)18(6-2)7-3/h9-10H,5-8,11H2,1-4H3. The van der Waals surface area contributed by atoms with Crippen LogP contribution in [0.5, 0.6) is 0 Å². The maximum Gasteiger partial charge on any atom is 0.274 e. The average Bonchev–Trinajstić information content (AvgIpc) is 2.46. The molecule has 1 aromatic heterocycles. The number of carbonyl (C=O) groups is 1. The van der Waals surface area contributed by atoms with Crippen LogP contribution in [0.1, 0.15) is 44.1 Å². The lowest BCUT2D eigenvalue weighted by Crippen LogP contribution is -2.29. The lowest BCUT2D eigenvalue weighted by atomic mass is 10.3. The minimum absolute atomic E-state index is 0.0629. The topological polar surface area (TPSA) is 49.3 Å². The molecule has 0 N–H and O–H groups in total. The summed E-state index contributed by atoms with van der Waals surface area (Å²) in [5, 5.41) is 8.17. The Kier molecular flexibility index (Phi) is 6.25. The molecule has 0 aliphatic rings. The molecule has 0 aliphatic carbocycles. The molecular weight excluding hydrogens is 240 g/mol. The maximum absolute atomic E-state index is 12.1. The SMILES string of the molecule is CCCCN(C)C(=O)c1ccc(N(CC)CC)nn1. The van der Waals surface area contributed by atoms with E-state index in [4.69, 9.17) is 0 Å². The number of anilines is 1. The second-order valence-corrected chi connectivity index (χ2v) is 4.53. The molecule has 0 spiro atoms. The Labute approximate surface area is 115 Å². The van der Waals surface area contributed by atoms with Gasteiger partial charge in [0.05, 0.1) is 0 Å². The van der Waals surface area contributed by atoms with Crippen LogP contribution < -0.4 is 4.90 Å². The van der Waals surface area contributed by atoms with E-state index in [0.717, 1.165) is 38.3 Å². The highest BCUT2D eigenvalue weighted by atomic mass is 16.2. The van der Waals surface area contributed by atoms with Crippen LogP contribution in [-0.2, 0) is 0 Å². The molecule has 19 heavy (non-hydrogen) atoms. The molecule has 0 unspecified atom stereocenters. The first kappa shape index (κ1) is 15.4. The number of hydrogen-bond acceptors (Lipinski definition) is 4. The first-order valence-electron chi connectivity index (χ1n) is 6.98. The van der Waals surface area contributed by atoms with E-state index >= 15 is 0 Å². The van der Waals surface area contributed by atoms with Gasteiger partial charge in [-0.2, -0.15) is 0 Å². The van der Waals surface area contributed by atoms with Gasteiger partial charge in [0.15, 0.2) is 11.5 Å². The lowest BCUT2D eigenvalue weighted by molar-refractivity contribution is 0.0786. The highest BCUT2D eigenvalue weighted by Gasteiger charge is 2.14. The Bertz CT molecular complexity index is 387. The van der Waals surface area contributed by atoms with Crippen LogP contribution in [0.3, 0.4) is 0 Å². The van der Waals surface area contributed by atoms with Gasteiger partial charge in [0.1, 0.15) is 0 Å². The molecule has 5 heteroatoms. The summed E-state index contributed by atoms with van der Waals surface area (Å²) in [6, 6.07) is 3.62. The van der Waals surface area contributed by atoms with Crippen molar-refractivity contribution < 1.29 is 4.79 Å². The second kappa shape index (κ2) is 7.71. The summed E-state index contributed by atoms with van der Waals surface area (Å²) in [5.74, 6) is 0.754. The number of rotatable bonds is 7. The van der Waals surface area contributed by atoms with E-state index in [1.165, 1.54) is 0 Å². The fourth-order valence-corrected chi connectivity index (χ4v) is 1.85. The summed E-state index contributed by atoms with van der Waals surface area (Å²) in [6.07, 6.45) is 2.08. The Morgan fingerprint density at radius 2 is 1.84 bits per heavy atom. The van der Waals surface area contributed by atoms with Crippen molar-refractivity contribution in [1.82, 2.24) is 15.1 Å². The van der Waals surface area contributed by atoms with Crippen molar-refractivity contribution in [2.75, 3.05) is 31.6 Å². The van der Waals surface area contributed by atoms with Crippen molar-refractivity contribution in [1.29, 1.82) is 0 Å². The Morgan fingerprint density at radius 1 is 1.16 bits per heavy atom. The van der Waals surface area contributed by atoms with Gasteiger partial charge in [-0.05, 0) is 32.4 Å². The minimum atomic E-state index is -0.0629. The summed E-state index contributed by atoms with van der Waals surface area (Å²) in [6.45, 7) is 8.78. The number of aromatic nitrogens is 2. The molecule has 106 valence electrons. The van der Waals surface area contributed by atoms with Crippen molar-refractivity contribution in [3.8, 4) is 0 Å². The van der Waals surface area contributed by atoms with Gasteiger partial charge < -0.3 is 9.80 Å². The number of hydrogen-bond donors (Lipinski definition) is 0. The second-order valence-electron chi connectivity index (χ2n) is 4.53. The zero-order valence-electron chi connectivity index (χ0n) is 12.4. The van der Waals surface area contributed by atoms with E-state index < -0.39 is 0 Å². The van der Waals surface area contributed by atoms with Gasteiger partial charge in [-0.25, -0.2) is 0 Å². The molecule has 1 rings (SSSR count). The van der Waals surface area contributed by atoms with Crippen LogP contribution in [0.4, 0.5) is 5.82 Å². The van der Waals surface area contributed by atoms with Crippen molar-refractivity contribution in [3.05, 3.63) is 17.8 Å². The molecule has 0 saturated carbocycles.